The van der Waals surface area contributed by atoms with E-state index < -0.39 is 0 Å². The SMILES string of the molecule is Cc1cc(C)n2nc(CN(C(=O)c3cccs3)c3ccc(F)cc3)nc2n1. The number of hydrogen-bond acceptors (Lipinski definition) is 5. The number of rotatable bonds is 4. The molecule has 0 atom stereocenters. The van der Waals surface area contributed by atoms with Crippen molar-refractivity contribution in [3.8, 4) is 0 Å². The zero-order valence-corrected chi connectivity index (χ0v) is 15.6. The summed E-state index contributed by atoms with van der Waals surface area (Å²) in [6, 6.07) is 11.3. The van der Waals surface area contributed by atoms with Crippen LogP contribution in [0.3, 0.4) is 0 Å². The number of nitrogens with zero attached hydrogens (tertiary/aromatic N) is 5. The summed E-state index contributed by atoms with van der Waals surface area (Å²) in [4.78, 5) is 24.0. The molecule has 3 heterocycles. The molecule has 4 aromatic rings. The van der Waals surface area contributed by atoms with Crippen molar-refractivity contribution in [3.05, 3.63) is 75.8 Å². The van der Waals surface area contributed by atoms with Crippen molar-refractivity contribution < 1.29 is 9.18 Å². The molecule has 4 rings (SSSR count). The molecule has 27 heavy (non-hydrogen) atoms. The lowest BCUT2D eigenvalue weighted by Gasteiger charge is -2.20. The number of aryl methyl sites for hydroxylation is 2. The van der Waals surface area contributed by atoms with Gasteiger partial charge in [-0.15, -0.1) is 16.4 Å². The maximum Gasteiger partial charge on any atom is 0.268 e. The van der Waals surface area contributed by atoms with E-state index in [2.05, 4.69) is 15.1 Å². The molecule has 0 fully saturated rings. The number of benzene rings is 1. The highest BCUT2D eigenvalue weighted by Crippen LogP contribution is 2.22. The molecule has 1 amide bonds. The topological polar surface area (TPSA) is 63.4 Å². The Bertz CT molecular complexity index is 1110. The fraction of sp³-hybridized carbons (Fsp3) is 0.158. The standard InChI is InChI=1S/C19H16FN5OS/c1-12-10-13(2)25-19(21-12)22-17(23-25)11-24(15-7-5-14(20)6-8-15)18(26)16-4-3-9-27-16/h3-10H,11H2,1-2H3. The van der Waals surface area contributed by atoms with Crippen molar-refractivity contribution in [2.45, 2.75) is 20.4 Å². The van der Waals surface area contributed by atoms with Gasteiger partial charge in [0.1, 0.15) is 5.82 Å². The fourth-order valence-corrected chi connectivity index (χ4v) is 3.52. The minimum Gasteiger partial charge on any atom is -0.300 e. The molecule has 136 valence electrons. The van der Waals surface area contributed by atoms with Crippen LogP contribution in [0.1, 0.15) is 26.9 Å². The van der Waals surface area contributed by atoms with Crippen LogP contribution in [-0.4, -0.2) is 25.5 Å². The molecule has 0 aliphatic rings. The van der Waals surface area contributed by atoms with Crippen LogP contribution in [0, 0.1) is 19.7 Å². The normalized spacial score (nSPS) is 11.1. The largest absolute Gasteiger partial charge is 0.300 e. The van der Waals surface area contributed by atoms with Crippen LogP contribution in [0.25, 0.3) is 5.78 Å². The van der Waals surface area contributed by atoms with E-state index in [4.69, 9.17) is 0 Å². The Morgan fingerprint density at radius 3 is 2.67 bits per heavy atom. The summed E-state index contributed by atoms with van der Waals surface area (Å²) >= 11 is 1.35. The number of aromatic nitrogens is 4. The van der Waals surface area contributed by atoms with Crippen molar-refractivity contribution in [3.63, 3.8) is 0 Å². The third kappa shape index (κ3) is 3.43. The smallest absolute Gasteiger partial charge is 0.268 e. The van der Waals surface area contributed by atoms with Crippen LogP contribution < -0.4 is 4.90 Å². The van der Waals surface area contributed by atoms with E-state index in [1.807, 2.05) is 31.4 Å². The number of fused-ring (bicyclic) bond motifs is 1. The average molecular weight is 381 g/mol. The van der Waals surface area contributed by atoms with Crippen LogP contribution in [0.2, 0.25) is 0 Å². The van der Waals surface area contributed by atoms with Crippen LogP contribution in [0.5, 0.6) is 0 Å². The average Bonchev–Trinajstić information content (AvgIpc) is 3.29. The highest BCUT2D eigenvalue weighted by molar-refractivity contribution is 7.12. The van der Waals surface area contributed by atoms with E-state index in [0.717, 1.165) is 11.4 Å². The lowest BCUT2D eigenvalue weighted by Crippen LogP contribution is -2.30. The Kier molecular flexibility index (Phi) is 4.41. The molecule has 0 saturated heterocycles. The molecule has 0 bridgehead atoms. The van der Waals surface area contributed by atoms with Gasteiger partial charge < -0.3 is 0 Å². The quantitative estimate of drug-likeness (QED) is 0.540. The number of halogens is 1. The van der Waals surface area contributed by atoms with Gasteiger partial charge in [-0.2, -0.15) is 4.98 Å². The van der Waals surface area contributed by atoms with E-state index in [1.54, 1.807) is 27.6 Å². The summed E-state index contributed by atoms with van der Waals surface area (Å²) < 4.78 is 15.0. The molecule has 1 aromatic carbocycles. The maximum atomic E-state index is 13.3. The number of amides is 1. The monoisotopic (exact) mass is 381 g/mol. The van der Waals surface area contributed by atoms with Crippen LogP contribution in [0.15, 0.2) is 47.8 Å². The Labute approximate surface area is 158 Å². The highest BCUT2D eigenvalue weighted by atomic mass is 32.1. The molecule has 8 heteroatoms. The maximum absolute atomic E-state index is 13.3. The van der Waals surface area contributed by atoms with Crippen LogP contribution >= 0.6 is 11.3 Å². The van der Waals surface area contributed by atoms with Crippen molar-refractivity contribution >= 4 is 28.7 Å². The minimum atomic E-state index is -0.358. The number of hydrogen-bond donors (Lipinski definition) is 0. The highest BCUT2D eigenvalue weighted by Gasteiger charge is 2.21. The predicted octanol–water partition coefficient (Wildman–Crippen LogP) is 3.79. The molecule has 0 unspecified atom stereocenters. The van der Waals surface area contributed by atoms with Gasteiger partial charge in [0.15, 0.2) is 5.82 Å². The second kappa shape index (κ2) is 6.88. The van der Waals surface area contributed by atoms with Gasteiger partial charge in [-0.3, -0.25) is 9.69 Å². The molecule has 0 aliphatic heterocycles. The second-order valence-electron chi connectivity index (χ2n) is 6.12. The summed E-state index contributed by atoms with van der Waals surface area (Å²) in [5, 5.41) is 6.32. The molecular weight excluding hydrogens is 365 g/mol. The number of carbonyl (C=O) groups excluding carboxylic acids is 1. The summed E-state index contributed by atoms with van der Waals surface area (Å²) in [7, 11) is 0. The Morgan fingerprint density at radius 2 is 1.96 bits per heavy atom. The summed E-state index contributed by atoms with van der Waals surface area (Å²) in [6.07, 6.45) is 0. The fourth-order valence-electron chi connectivity index (χ4n) is 2.85. The molecule has 6 nitrogen and oxygen atoms in total. The predicted molar refractivity (Wildman–Crippen MR) is 101 cm³/mol. The van der Waals surface area contributed by atoms with Gasteiger partial charge in [-0.1, -0.05) is 6.07 Å². The molecular formula is C19H16FN5OS. The van der Waals surface area contributed by atoms with E-state index in [-0.39, 0.29) is 18.3 Å². The van der Waals surface area contributed by atoms with E-state index in [9.17, 15) is 9.18 Å². The van der Waals surface area contributed by atoms with Gasteiger partial charge in [-0.25, -0.2) is 13.9 Å². The van der Waals surface area contributed by atoms with Gasteiger partial charge in [0.2, 0.25) is 0 Å². The summed E-state index contributed by atoms with van der Waals surface area (Å²) in [5.41, 5.74) is 2.34. The van der Waals surface area contributed by atoms with Crippen molar-refractivity contribution in [1.82, 2.24) is 19.6 Å². The third-order valence-electron chi connectivity index (χ3n) is 4.08. The first-order valence-electron chi connectivity index (χ1n) is 8.32. The molecule has 0 aliphatic carbocycles. The molecule has 0 saturated carbocycles. The lowest BCUT2D eigenvalue weighted by molar-refractivity contribution is 0.0988. The van der Waals surface area contributed by atoms with Gasteiger partial charge in [0.05, 0.1) is 11.4 Å². The molecule has 0 spiro atoms. The first kappa shape index (κ1) is 17.3. The molecule has 3 aromatic heterocycles. The molecule has 0 radical (unpaired) electrons. The van der Waals surface area contributed by atoms with Gasteiger partial charge in [-0.05, 0) is 55.6 Å². The number of thiophene rings is 1. The Morgan fingerprint density at radius 1 is 1.19 bits per heavy atom. The Balaban J connectivity index is 1.74. The van der Waals surface area contributed by atoms with Crippen LogP contribution in [0.4, 0.5) is 10.1 Å². The van der Waals surface area contributed by atoms with Gasteiger partial charge in [0.25, 0.3) is 11.7 Å². The number of anilines is 1. The second-order valence-corrected chi connectivity index (χ2v) is 7.07. The van der Waals surface area contributed by atoms with Crippen molar-refractivity contribution in [2.75, 3.05) is 4.90 Å². The zero-order valence-electron chi connectivity index (χ0n) is 14.8. The first-order chi connectivity index (χ1) is 13.0. The van der Waals surface area contributed by atoms with Gasteiger partial charge >= 0.3 is 0 Å². The summed E-state index contributed by atoms with van der Waals surface area (Å²) in [5.74, 6) is 0.412. The Hall–Kier alpha value is -3.13. The first-order valence-corrected chi connectivity index (χ1v) is 9.20. The van der Waals surface area contributed by atoms with E-state index in [1.165, 1.54) is 23.5 Å². The number of carbonyl (C=O) groups is 1. The van der Waals surface area contributed by atoms with Crippen molar-refractivity contribution in [2.24, 2.45) is 0 Å². The van der Waals surface area contributed by atoms with E-state index in [0.29, 0.717) is 22.2 Å². The van der Waals surface area contributed by atoms with Crippen LogP contribution in [-0.2, 0) is 6.54 Å². The third-order valence-corrected chi connectivity index (χ3v) is 4.93. The van der Waals surface area contributed by atoms with E-state index >= 15 is 0 Å². The molecule has 0 N–H and O–H groups in total. The summed E-state index contributed by atoms with van der Waals surface area (Å²) in [6.45, 7) is 3.98. The lowest BCUT2D eigenvalue weighted by atomic mass is 10.2. The minimum absolute atomic E-state index is 0.157. The van der Waals surface area contributed by atoms with Crippen molar-refractivity contribution in [1.29, 1.82) is 0 Å². The zero-order chi connectivity index (χ0) is 19.0. The van der Waals surface area contributed by atoms with Gasteiger partial charge in [0, 0.05) is 17.1 Å².